The number of nitrogens with two attached hydrogens (primary N) is 1. The lowest BCUT2D eigenvalue weighted by Crippen LogP contribution is -2.40. The third-order valence-electron chi connectivity index (χ3n) is 8.58. The Hall–Kier alpha value is -3.43. The lowest BCUT2D eigenvalue weighted by atomic mass is 9.96. The number of benzene rings is 2. The number of likely N-dealkylation sites (tertiary alicyclic amines) is 2. The summed E-state index contributed by atoms with van der Waals surface area (Å²) in [6.07, 6.45) is 6.42. The molecule has 2 aliphatic rings. The second kappa shape index (κ2) is 16.3. The van der Waals surface area contributed by atoms with E-state index in [4.69, 9.17) is 10.5 Å². The number of carbonyl (C=O) groups is 3. The fourth-order valence-electron chi connectivity index (χ4n) is 5.87. The fraction of sp³-hybridized carbons (Fsp3) is 0.545. The summed E-state index contributed by atoms with van der Waals surface area (Å²) in [6.45, 7) is 6.08. The van der Waals surface area contributed by atoms with Gasteiger partial charge in [-0.2, -0.15) is 0 Å². The van der Waals surface area contributed by atoms with Crippen LogP contribution >= 0.6 is 0 Å². The van der Waals surface area contributed by atoms with Gasteiger partial charge in [0.15, 0.2) is 0 Å². The van der Waals surface area contributed by atoms with Crippen LogP contribution in [0.15, 0.2) is 54.6 Å². The molecule has 0 saturated carbocycles. The third kappa shape index (κ3) is 9.84. The summed E-state index contributed by atoms with van der Waals surface area (Å²) in [7, 11) is 1.89. The molecule has 2 saturated heterocycles. The van der Waals surface area contributed by atoms with E-state index in [0.717, 1.165) is 108 Å². The molecule has 4 rings (SSSR count). The average molecular weight is 578 g/mol. The lowest BCUT2D eigenvalue weighted by Gasteiger charge is -2.32. The van der Waals surface area contributed by atoms with Crippen LogP contribution in [0, 0.1) is 5.92 Å². The largest absolute Gasteiger partial charge is 0.446 e. The van der Waals surface area contributed by atoms with E-state index >= 15 is 0 Å². The predicted molar refractivity (Wildman–Crippen MR) is 166 cm³/mol. The standard InChI is InChI=1S/C33H47N5O4/c1-36(19-8-3-9-20-37-21-14-27(15-22-37)32(34)40)31(39)18-25-38-23-16-28(17-24-38)42-33(41)35-30-13-7-6-12-29(30)26-10-4-2-5-11-26/h2,4-7,10-13,27-28H,3,8-9,14-25H2,1H3,(H2,34,40)(H,35,41). The maximum atomic E-state index is 12.7. The van der Waals surface area contributed by atoms with Crippen LogP contribution in [0.1, 0.15) is 51.4 Å². The first-order chi connectivity index (χ1) is 20.4. The summed E-state index contributed by atoms with van der Waals surface area (Å²) in [5.41, 5.74) is 8.15. The van der Waals surface area contributed by atoms with Crippen molar-refractivity contribution in [1.29, 1.82) is 0 Å². The van der Waals surface area contributed by atoms with Gasteiger partial charge in [0.1, 0.15) is 6.10 Å². The number of unbranched alkanes of at least 4 members (excludes halogenated alkanes) is 2. The molecule has 2 fully saturated rings. The van der Waals surface area contributed by atoms with Crippen molar-refractivity contribution < 1.29 is 19.1 Å². The van der Waals surface area contributed by atoms with Crippen LogP contribution in [0.2, 0.25) is 0 Å². The summed E-state index contributed by atoms with van der Waals surface area (Å²) in [6, 6.07) is 17.7. The molecule has 0 atom stereocenters. The highest BCUT2D eigenvalue weighted by Crippen LogP contribution is 2.28. The van der Waals surface area contributed by atoms with Crippen LogP contribution in [-0.4, -0.2) is 91.6 Å². The van der Waals surface area contributed by atoms with Gasteiger partial charge in [0, 0.05) is 51.1 Å². The van der Waals surface area contributed by atoms with E-state index in [9.17, 15) is 14.4 Å². The van der Waals surface area contributed by atoms with Crippen molar-refractivity contribution in [2.24, 2.45) is 11.7 Å². The molecule has 0 aliphatic carbocycles. The number of para-hydroxylation sites is 1. The predicted octanol–water partition coefficient (Wildman–Crippen LogP) is 4.58. The van der Waals surface area contributed by atoms with Crippen molar-refractivity contribution in [2.45, 2.75) is 57.5 Å². The highest BCUT2D eigenvalue weighted by atomic mass is 16.6. The molecule has 9 nitrogen and oxygen atoms in total. The van der Waals surface area contributed by atoms with Crippen molar-refractivity contribution in [2.75, 3.05) is 58.2 Å². The summed E-state index contributed by atoms with van der Waals surface area (Å²) < 4.78 is 5.74. The number of hydrogen-bond acceptors (Lipinski definition) is 6. The zero-order valence-electron chi connectivity index (χ0n) is 25.0. The molecule has 0 bridgehead atoms. The van der Waals surface area contributed by atoms with Gasteiger partial charge in [-0.05, 0) is 69.8 Å². The molecule has 2 aromatic carbocycles. The Morgan fingerprint density at radius 1 is 0.857 bits per heavy atom. The number of primary amides is 1. The average Bonchev–Trinajstić information content (AvgIpc) is 3.01. The topological polar surface area (TPSA) is 108 Å². The van der Waals surface area contributed by atoms with Gasteiger partial charge in [-0.25, -0.2) is 4.79 Å². The van der Waals surface area contributed by atoms with Gasteiger partial charge < -0.3 is 25.2 Å². The number of rotatable bonds is 13. The van der Waals surface area contributed by atoms with Crippen LogP contribution in [0.3, 0.4) is 0 Å². The number of carbonyl (C=O) groups excluding carboxylic acids is 3. The molecule has 42 heavy (non-hydrogen) atoms. The Morgan fingerprint density at radius 2 is 1.50 bits per heavy atom. The summed E-state index contributed by atoms with van der Waals surface area (Å²) in [5.74, 6) is 0.0574. The van der Waals surface area contributed by atoms with Crippen molar-refractivity contribution in [3.05, 3.63) is 54.6 Å². The van der Waals surface area contributed by atoms with Crippen LogP contribution in [0.5, 0.6) is 0 Å². The molecular weight excluding hydrogens is 530 g/mol. The molecule has 3 N–H and O–H groups in total. The Morgan fingerprint density at radius 3 is 2.21 bits per heavy atom. The SMILES string of the molecule is CN(CCCCCN1CCC(C(N)=O)CC1)C(=O)CCN1CCC(OC(=O)Nc2ccccc2-c2ccccc2)CC1. The van der Waals surface area contributed by atoms with Gasteiger partial charge in [-0.1, -0.05) is 55.0 Å². The number of anilines is 1. The van der Waals surface area contributed by atoms with E-state index < -0.39 is 6.09 Å². The summed E-state index contributed by atoms with van der Waals surface area (Å²) in [4.78, 5) is 43.2. The number of amides is 3. The molecule has 0 spiro atoms. The van der Waals surface area contributed by atoms with E-state index in [0.29, 0.717) is 6.42 Å². The van der Waals surface area contributed by atoms with Crippen LogP contribution < -0.4 is 11.1 Å². The van der Waals surface area contributed by atoms with Crippen molar-refractivity contribution >= 4 is 23.6 Å². The zero-order chi connectivity index (χ0) is 29.7. The van der Waals surface area contributed by atoms with E-state index in [1.54, 1.807) is 0 Å². The maximum Gasteiger partial charge on any atom is 0.411 e. The van der Waals surface area contributed by atoms with Gasteiger partial charge in [-0.3, -0.25) is 14.9 Å². The highest BCUT2D eigenvalue weighted by molar-refractivity contribution is 5.91. The van der Waals surface area contributed by atoms with Crippen molar-refractivity contribution in [1.82, 2.24) is 14.7 Å². The maximum absolute atomic E-state index is 12.7. The molecule has 3 amide bonds. The van der Waals surface area contributed by atoms with Crippen LogP contribution in [-0.2, 0) is 14.3 Å². The first kappa shape index (κ1) is 31.5. The van der Waals surface area contributed by atoms with Crippen LogP contribution in [0.25, 0.3) is 11.1 Å². The summed E-state index contributed by atoms with van der Waals surface area (Å²) in [5, 5.41) is 2.92. The fourth-order valence-corrected chi connectivity index (χ4v) is 5.87. The molecule has 9 heteroatoms. The second-order valence-corrected chi connectivity index (χ2v) is 11.6. The molecule has 0 aromatic heterocycles. The van der Waals surface area contributed by atoms with Gasteiger partial charge in [0.25, 0.3) is 0 Å². The number of nitrogens with zero attached hydrogens (tertiary/aromatic N) is 3. The Kier molecular flexibility index (Phi) is 12.2. The number of nitrogens with one attached hydrogen (secondary N) is 1. The highest BCUT2D eigenvalue weighted by Gasteiger charge is 2.24. The minimum atomic E-state index is -0.429. The van der Waals surface area contributed by atoms with E-state index in [-0.39, 0.29) is 23.8 Å². The van der Waals surface area contributed by atoms with Gasteiger partial charge in [0.2, 0.25) is 11.8 Å². The first-order valence-electron chi connectivity index (χ1n) is 15.5. The smallest absolute Gasteiger partial charge is 0.411 e. The molecule has 0 radical (unpaired) electrons. The Bertz CT molecular complexity index is 1140. The van der Waals surface area contributed by atoms with Crippen molar-refractivity contribution in [3.63, 3.8) is 0 Å². The molecule has 0 unspecified atom stereocenters. The first-order valence-corrected chi connectivity index (χ1v) is 15.5. The number of piperidine rings is 2. The van der Waals surface area contributed by atoms with E-state index in [2.05, 4.69) is 15.1 Å². The number of hydrogen-bond donors (Lipinski definition) is 2. The van der Waals surface area contributed by atoms with E-state index in [1.807, 2.05) is 66.5 Å². The van der Waals surface area contributed by atoms with Crippen LogP contribution in [0.4, 0.5) is 10.5 Å². The van der Waals surface area contributed by atoms with Crippen molar-refractivity contribution in [3.8, 4) is 11.1 Å². The third-order valence-corrected chi connectivity index (χ3v) is 8.58. The molecule has 2 aliphatic heterocycles. The second-order valence-electron chi connectivity index (χ2n) is 11.6. The van der Waals surface area contributed by atoms with Gasteiger partial charge in [-0.15, -0.1) is 0 Å². The molecular formula is C33H47N5O4. The molecule has 2 aromatic rings. The summed E-state index contributed by atoms with van der Waals surface area (Å²) >= 11 is 0. The zero-order valence-corrected chi connectivity index (χ0v) is 25.0. The van der Waals surface area contributed by atoms with E-state index in [1.165, 1.54) is 0 Å². The van der Waals surface area contributed by atoms with Gasteiger partial charge in [0.05, 0.1) is 5.69 Å². The normalized spacial score (nSPS) is 17.1. The molecule has 2 heterocycles. The quantitative estimate of drug-likeness (QED) is 0.338. The monoisotopic (exact) mass is 577 g/mol. The Labute approximate surface area is 250 Å². The van der Waals surface area contributed by atoms with Gasteiger partial charge >= 0.3 is 6.09 Å². The molecule has 228 valence electrons. The minimum Gasteiger partial charge on any atom is -0.446 e. The minimum absolute atomic E-state index is 0.0428. The number of ether oxygens (including phenoxy) is 1. The Balaban J connectivity index is 1.06. The lowest BCUT2D eigenvalue weighted by molar-refractivity contribution is -0.130.